The number of hydrogen-bond acceptors (Lipinski definition) is 3. The van der Waals surface area contributed by atoms with Gasteiger partial charge in [-0.2, -0.15) is 0 Å². The molecule has 2 N–H and O–H groups in total. The summed E-state index contributed by atoms with van der Waals surface area (Å²) in [4.78, 5) is 0. The molecule has 0 aromatic heterocycles. The van der Waals surface area contributed by atoms with Crippen molar-refractivity contribution in [2.24, 2.45) is 0 Å². The van der Waals surface area contributed by atoms with Gasteiger partial charge in [0.1, 0.15) is 12.4 Å². The van der Waals surface area contributed by atoms with Crippen molar-refractivity contribution >= 4 is 24.8 Å². The molecule has 0 saturated heterocycles. The summed E-state index contributed by atoms with van der Waals surface area (Å²) >= 11 is 0. The van der Waals surface area contributed by atoms with Crippen LogP contribution in [0.2, 0.25) is 0 Å². The van der Waals surface area contributed by atoms with Crippen molar-refractivity contribution in [1.29, 1.82) is 0 Å². The van der Waals surface area contributed by atoms with Crippen molar-refractivity contribution in [2.75, 3.05) is 20.1 Å². The zero-order chi connectivity index (χ0) is 14.8. The molecule has 2 aromatic rings. The third-order valence-electron chi connectivity index (χ3n) is 3.31. The van der Waals surface area contributed by atoms with Crippen molar-refractivity contribution in [3.63, 3.8) is 0 Å². The molecule has 3 nitrogen and oxygen atoms in total. The van der Waals surface area contributed by atoms with Crippen LogP contribution in [0.5, 0.6) is 5.75 Å². The number of ether oxygens (including phenoxy) is 1. The van der Waals surface area contributed by atoms with Gasteiger partial charge in [0.05, 0.1) is 0 Å². The zero-order valence-corrected chi connectivity index (χ0v) is 15.1. The lowest BCUT2D eigenvalue weighted by Gasteiger charge is -2.12. The first-order valence-electron chi connectivity index (χ1n) is 7.50. The van der Waals surface area contributed by atoms with Crippen LogP contribution in [0, 0.1) is 0 Å². The molecule has 2 rings (SSSR count). The van der Waals surface area contributed by atoms with E-state index in [0.717, 1.165) is 31.8 Å². The molecular formula is C18H26Cl2N2O. The first-order valence-corrected chi connectivity index (χ1v) is 7.50. The van der Waals surface area contributed by atoms with E-state index < -0.39 is 0 Å². The maximum atomic E-state index is 5.95. The highest BCUT2D eigenvalue weighted by Gasteiger charge is 2.03. The fourth-order valence-corrected chi connectivity index (χ4v) is 2.14. The molecule has 128 valence electrons. The highest BCUT2D eigenvalue weighted by molar-refractivity contribution is 5.85. The van der Waals surface area contributed by atoms with Gasteiger partial charge in [-0.05, 0) is 38.2 Å². The van der Waals surface area contributed by atoms with E-state index >= 15 is 0 Å². The second kappa shape index (κ2) is 13.2. The monoisotopic (exact) mass is 356 g/mol. The normalized spacial score (nSPS) is 9.61. The van der Waals surface area contributed by atoms with Crippen molar-refractivity contribution in [2.45, 2.75) is 19.6 Å². The third-order valence-corrected chi connectivity index (χ3v) is 3.31. The van der Waals surface area contributed by atoms with Crippen molar-refractivity contribution in [3.05, 3.63) is 65.7 Å². The van der Waals surface area contributed by atoms with E-state index in [1.807, 2.05) is 37.4 Å². The van der Waals surface area contributed by atoms with Crippen LogP contribution in [-0.2, 0) is 13.2 Å². The second-order valence-electron chi connectivity index (χ2n) is 5.02. The summed E-state index contributed by atoms with van der Waals surface area (Å²) in [5.41, 5.74) is 2.40. The molecule has 0 aliphatic heterocycles. The fraction of sp³-hybridized carbons (Fsp3) is 0.333. The van der Waals surface area contributed by atoms with E-state index in [1.165, 1.54) is 11.1 Å². The van der Waals surface area contributed by atoms with E-state index in [9.17, 15) is 0 Å². The number of halogens is 2. The highest BCUT2D eigenvalue weighted by atomic mass is 35.5. The molecule has 0 radical (unpaired) electrons. The molecule has 0 aliphatic rings. The summed E-state index contributed by atoms with van der Waals surface area (Å²) in [7, 11) is 1.98. The Morgan fingerprint density at radius 1 is 0.870 bits per heavy atom. The molecule has 23 heavy (non-hydrogen) atoms. The average molecular weight is 357 g/mol. The molecule has 0 spiro atoms. The smallest absolute Gasteiger partial charge is 0.124 e. The van der Waals surface area contributed by atoms with Crippen molar-refractivity contribution in [1.82, 2.24) is 10.6 Å². The predicted molar refractivity (Wildman–Crippen MR) is 102 cm³/mol. The van der Waals surface area contributed by atoms with Crippen LogP contribution in [-0.4, -0.2) is 20.1 Å². The number of nitrogens with one attached hydrogen (secondary N) is 2. The first kappa shape index (κ1) is 21.7. The van der Waals surface area contributed by atoms with Crippen molar-refractivity contribution < 1.29 is 4.74 Å². The molecule has 0 heterocycles. The lowest BCUT2D eigenvalue weighted by Crippen LogP contribution is -2.19. The average Bonchev–Trinajstić information content (AvgIpc) is 2.55. The summed E-state index contributed by atoms with van der Waals surface area (Å²) < 4.78 is 5.95. The Morgan fingerprint density at radius 3 is 2.30 bits per heavy atom. The van der Waals surface area contributed by atoms with Gasteiger partial charge in [-0.1, -0.05) is 48.5 Å². The van der Waals surface area contributed by atoms with E-state index in [-0.39, 0.29) is 24.8 Å². The lowest BCUT2D eigenvalue weighted by atomic mass is 10.2. The van der Waals surface area contributed by atoms with Gasteiger partial charge in [-0.3, -0.25) is 0 Å². The van der Waals surface area contributed by atoms with Gasteiger partial charge in [0, 0.05) is 12.1 Å². The summed E-state index contributed by atoms with van der Waals surface area (Å²) in [6, 6.07) is 18.5. The minimum absolute atomic E-state index is 0. The van der Waals surface area contributed by atoms with Crippen LogP contribution in [0.15, 0.2) is 54.6 Å². The number of benzene rings is 2. The minimum atomic E-state index is 0. The molecule has 0 saturated carbocycles. The van der Waals surface area contributed by atoms with Crippen molar-refractivity contribution in [3.8, 4) is 5.75 Å². The minimum Gasteiger partial charge on any atom is -0.489 e. The number of para-hydroxylation sites is 1. The van der Waals surface area contributed by atoms with Crippen LogP contribution in [0.1, 0.15) is 17.5 Å². The Balaban J connectivity index is 0.00000242. The van der Waals surface area contributed by atoms with E-state index in [0.29, 0.717) is 6.61 Å². The van der Waals surface area contributed by atoms with Gasteiger partial charge in [-0.15, -0.1) is 24.8 Å². The van der Waals surface area contributed by atoms with E-state index in [1.54, 1.807) is 0 Å². The molecule has 0 amide bonds. The highest BCUT2D eigenvalue weighted by Crippen LogP contribution is 2.19. The summed E-state index contributed by atoms with van der Waals surface area (Å²) in [5.74, 6) is 0.961. The Labute approximate surface area is 151 Å². The van der Waals surface area contributed by atoms with E-state index in [4.69, 9.17) is 4.74 Å². The first-order chi connectivity index (χ1) is 10.4. The van der Waals surface area contributed by atoms with Gasteiger partial charge >= 0.3 is 0 Å². The van der Waals surface area contributed by atoms with Crippen LogP contribution in [0.25, 0.3) is 0 Å². The van der Waals surface area contributed by atoms with E-state index in [2.05, 4.69) is 34.9 Å². The van der Waals surface area contributed by atoms with Gasteiger partial charge in [0.2, 0.25) is 0 Å². The standard InChI is InChI=1S/C18H24N2O.2ClH/c1-19-12-7-13-20-14-17-10-5-6-11-18(17)21-15-16-8-3-2-4-9-16;;/h2-6,8-11,19-20H,7,12-15H2,1H3;2*1H. The van der Waals surface area contributed by atoms with Crippen LogP contribution in [0.4, 0.5) is 0 Å². The van der Waals surface area contributed by atoms with Crippen LogP contribution in [0.3, 0.4) is 0 Å². The van der Waals surface area contributed by atoms with Crippen LogP contribution >= 0.6 is 24.8 Å². The molecule has 0 atom stereocenters. The zero-order valence-electron chi connectivity index (χ0n) is 13.5. The van der Waals surface area contributed by atoms with Crippen LogP contribution < -0.4 is 15.4 Å². The summed E-state index contributed by atoms with van der Waals surface area (Å²) in [6.45, 7) is 3.50. The maximum Gasteiger partial charge on any atom is 0.124 e. The molecule has 0 aliphatic carbocycles. The third kappa shape index (κ3) is 8.24. The Kier molecular flexibility index (Phi) is 12.5. The largest absolute Gasteiger partial charge is 0.489 e. The summed E-state index contributed by atoms with van der Waals surface area (Å²) in [6.07, 6.45) is 1.13. The molecule has 5 heteroatoms. The second-order valence-corrected chi connectivity index (χ2v) is 5.02. The SMILES string of the molecule is CNCCCNCc1ccccc1OCc1ccccc1.Cl.Cl. The fourth-order valence-electron chi connectivity index (χ4n) is 2.14. The Hall–Kier alpha value is -1.26. The molecular weight excluding hydrogens is 331 g/mol. The van der Waals surface area contributed by atoms with Gasteiger partial charge in [0.15, 0.2) is 0 Å². The molecule has 0 bridgehead atoms. The molecule has 2 aromatic carbocycles. The van der Waals surface area contributed by atoms with Gasteiger partial charge in [0.25, 0.3) is 0 Å². The predicted octanol–water partition coefficient (Wildman–Crippen LogP) is 3.81. The summed E-state index contributed by atoms with van der Waals surface area (Å²) in [5, 5.41) is 6.61. The number of hydrogen-bond donors (Lipinski definition) is 2. The maximum absolute atomic E-state index is 5.95. The molecule has 0 fully saturated rings. The topological polar surface area (TPSA) is 33.3 Å². The molecule has 0 unspecified atom stereocenters. The van der Waals surface area contributed by atoms with Gasteiger partial charge in [-0.25, -0.2) is 0 Å². The Morgan fingerprint density at radius 2 is 1.57 bits per heavy atom. The lowest BCUT2D eigenvalue weighted by molar-refractivity contribution is 0.302. The quantitative estimate of drug-likeness (QED) is 0.670. The number of rotatable bonds is 9. The van der Waals surface area contributed by atoms with Gasteiger partial charge < -0.3 is 15.4 Å². The Bertz CT molecular complexity index is 523.